The molecule has 1 atom stereocenters. The number of nitrogens with zero attached hydrogens (tertiary/aromatic N) is 2. The largest absolute Gasteiger partial charge is 0.316 e. The van der Waals surface area contributed by atoms with Crippen LogP contribution in [0.15, 0.2) is 0 Å². The van der Waals surface area contributed by atoms with Crippen LogP contribution >= 0.6 is 0 Å². The molecule has 1 N–H and O–H groups in total. The molecule has 0 aliphatic carbocycles. The van der Waals surface area contributed by atoms with E-state index in [2.05, 4.69) is 64.1 Å². The van der Waals surface area contributed by atoms with Crippen molar-refractivity contribution in [1.29, 1.82) is 0 Å². The van der Waals surface area contributed by atoms with E-state index in [1.165, 1.54) is 6.42 Å². The molecule has 98 valence electrons. The molecule has 0 aliphatic heterocycles. The molecule has 0 saturated carbocycles. The summed E-state index contributed by atoms with van der Waals surface area (Å²) in [5.41, 5.74) is 0.344. The fraction of sp³-hybridized carbons (Fsp3) is 1.00. The summed E-state index contributed by atoms with van der Waals surface area (Å²) >= 11 is 0. The summed E-state index contributed by atoms with van der Waals surface area (Å²) in [6, 6.07) is 0.592. The van der Waals surface area contributed by atoms with Crippen molar-refractivity contribution in [3.63, 3.8) is 0 Å². The number of hydrogen-bond acceptors (Lipinski definition) is 3. The molecule has 0 aromatic rings. The zero-order valence-corrected chi connectivity index (χ0v) is 12.3. The first-order valence-electron chi connectivity index (χ1n) is 6.28. The van der Waals surface area contributed by atoms with Gasteiger partial charge in [0.05, 0.1) is 0 Å². The number of rotatable bonds is 7. The van der Waals surface area contributed by atoms with Crippen LogP contribution in [0.5, 0.6) is 0 Å². The Morgan fingerprint density at radius 3 is 1.94 bits per heavy atom. The molecule has 0 radical (unpaired) electrons. The maximum Gasteiger partial charge on any atom is 0.0125 e. The van der Waals surface area contributed by atoms with Gasteiger partial charge in [0.2, 0.25) is 0 Å². The minimum Gasteiger partial charge on any atom is -0.316 e. The predicted molar refractivity (Wildman–Crippen MR) is 73.0 cm³/mol. The normalized spacial score (nSPS) is 14.8. The summed E-state index contributed by atoms with van der Waals surface area (Å²) in [5, 5.41) is 3.43. The number of hydrogen-bond donors (Lipinski definition) is 1. The summed E-state index contributed by atoms with van der Waals surface area (Å²) < 4.78 is 0. The summed E-state index contributed by atoms with van der Waals surface area (Å²) in [5.74, 6) is 0. The van der Waals surface area contributed by atoms with Gasteiger partial charge in [-0.05, 0) is 46.6 Å². The second-order valence-electron chi connectivity index (χ2n) is 6.10. The second-order valence-corrected chi connectivity index (χ2v) is 6.10. The van der Waals surface area contributed by atoms with Gasteiger partial charge in [0.15, 0.2) is 0 Å². The number of likely N-dealkylation sites (N-methyl/N-ethyl adjacent to an activating group) is 2. The third-order valence-corrected chi connectivity index (χ3v) is 3.12. The van der Waals surface area contributed by atoms with Crippen LogP contribution in [0.3, 0.4) is 0 Å². The van der Waals surface area contributed by atoms with Gasteiger partial charge in [-0.15, -0.1) is 0 Å². The highest BCUT2D eigenvalue weighted by Gasteiger charge is 2.22. The van der Waals surface area contributed by atoms with Gasteiger partial charge in [0.1, 0.15) is 0 Å². The van der Waals surface area contributed by atoms with Gasteiger partial charge in [0.25, 0.3) is 0 Å². The molecular weight excluding hydrogens is 198 g/mol. The van der Waals surface area contributed by atoms with Gasteiger partial charge in [-0.1, -0.05) is 20.8 Å². The molecule has 0 saturated heterocycles. The lowest BCUT2D eigenvalue weighted by atomic mass is 9.85. The third kappa shape index (κ3) is 7.20. The standard InChI is InChI=1S/C13H31N3/c1-13(2,3)12(14-4)8-9-16(7)11-10-15(5)6/h12,14H,8-11H2,1-7H3. The van der Waals surface area contributed by atoms with E-state index in [-0.39, 0.29) is 0 Å². The van der Waals surface area contributed by atoms with E-state index in [1.807, 2.05) is 0 Å². The van der Waals surface area contributed by atoms with E-state index >= 15 is 0 Å². The van der Waals surface area contributed by atoms with Crippen molar-refractivity contribution in [1.82, 2.24) is 15.1 Å². The third-order valence-electron chi connectivity index (χ3n) is 3.12. The van der Waals surface area contributed by atoms with E-state index in [0.717, 1.165) is 19.6 Å². The zero-order valence-electron chi connectivity index (χ0n) is 12.3. The highest BCUT2D eigenvalue weighted by Crippen LogP contribution is 2.21. The topological polar surface area (TPSA) is 18.5 Å². The van der Waals surface area contributed by atoms with Crippen LogP contribution < -0.4 is 5.32 Å². The first kappa shape index (κ1) is 15.9. The van der Waals surface area contributed by atoms with E-state index in [4.69, 9.17) is 0 Å². The minimum atomic E-state index is 0.344. The Kier molecular flexibility index (Phi) is 7.20. The van der Waals surface area contributed by atoms with Crippen LogP contribution in [0.2, 0.25) is 0 Å². The molecule has 0 amide bonds. The first-order valence-corrected chi connectivity index (χ1v) is 6.28. The lowest BCUT2D eigenvalue weighted by Crippen LogP contribution is -2.41. The second kappa shape index (κ2) is 7.25. The van der Waals surface area contributed by atoms with Gasteiger partial charge in [0, 0.05) is 19.1 Å². The molecule has 0 bridgehead atoms. The van der Waals surface area contributed by atoms with Crippen molar-refractivity contribution in [3.8, 4) is 0 Å². The van der Waals surface area contributed by atoms with Crippen LogP contribution in [0.1, 0.15) is 27.2 Å². The van der Waals surface area contributed by atoms with Crippen LogP contribution in [-0.4, -0.2) is 63.7 Å². The lowest BCUT2D eigenvalue weighted by Gasteiger charge is -2.32. The molecule has 1 unspecified atom stereocenters. The van der Waals surface area contributed by atoms with Crippen LogP contribution in [0.25, 0.3) is 0 Å². The van der Waals surface area contributed by atoms with E-state index in [9.17, 15) is 0 Å². The smallest absolute Gasteiger partial charge is 0.0125 e. The Bertz CT molecular complexity index is 173. The van der Waals surface area contributed by atoms with Gasteiger partial charge in [-0.2, -0.15) is 0 Å². The maximum absolute atomic E-state index is 3.43. The monoisotopic (exact) mass is 229 g/mol. The van der Waals surface area contributed by atoms with Crippen molar-refractivity contribution in [2.75, 3.05) is 47.8 Å². The van der Waals surface area contributed by atoms with Gasteiger partial charge >= 0.3 is 0 Å². The Hall–Kier alpha value is -0.120. The Morgan fingerprint density at radius 2 is 1.56 bits per heavy atom. The SMILES string of the molecule is CNC(CCN(C)CCN(C)C)C(C)(C)C. The molecule has 0 heterocycles. The van der Waals surface area contributed by atoms with Crippen LogP contribution in [-0.2, 0) is 0 Å². The Labute approximate surface area is 102 Å². The van der Waals surface area contributed by atoms with Crippen molar-refractivity contribution in [2.24, 2.45) is 5.41 Å². The molecule has 3 nitrogen and oxygen atoms in total. The highest BCUT2D eigenvalue weighted by molar-refractivity contribution is 4.79. The maximum atomic E-state index is 3.43. The van der Waals surface area contributed by atoms with Crippen LogP contribution in [0, 0.1) is 5.41 Å². The Balaban J connectivity index is 3.84. The van der Waals surface area contributed by atoms with Crippen molar-refractivity contribution in [2.45, 2.75) is 33.2 Å². The lowest BCUT2D eigenvalue weighted by molar-refractivity contribution is 0.220. The summed E-state index contributed by atoms with van der Waals surface area (Å²) in [4.78, 5) is 4.64. The van der Waals surface area contributed by atoms with Gasteiger partial charge in [-0.25, -0.2) is 0 Å². The average molecular weight is 229 g/mol. The summed E-state index contributed by atoms with van der Waals surface area (Å²) in [6.45, 7) is 10.3. The van der Waals surface area contributed by atoms with Gasteiger partial charge in [-0.3, -0.25) is 0 Å². The Morgan fingerprint density at radius 1 is 1.00 bits per heavy atom. The van der Waals surface area contributed by atoms with E-state index < -0.39 is 0 Å². The molecule has 0 aromatic carbocycles. The molecule has 0 rings (SSSR count). The fourth-order valence-corrected chi connectivity index (χ4v) is 1.84. The highest BCUT2D eigenvalue weighted by atomic mass is 15.1. The fourth-order valence-electron chi connectivity index (χ4n) is 1.84. The molecule has 16 heavy (non-hydrogen) atoms. The average Bonchev–Trinajstić information content (AvgIpc) is 2.13. The van der Waals surface area contributed by atoms with Crippen LogP contribution in [0.4, 0.5) is 0 Å². The zero-order chi connectivity index (χ0) is 12.8. The molecule has 3 heteroatoms. The van der Waals surface area contributed by atoms with Crippen molar-refractivity contribution >= 4 is 0 Å². The first-order chi connectivity index (χ1) is 7.27. The molecule has 0 aliphatic rings. The number of nitrogens with one attached hydrogen (secondary N) is 1. The molecule has 0 spiro atoms. The molecular formula is C13H31N3. The molecule has 0 aromatic heterocycles. The molecule has 0 fully saturated rings. The van der Waals surface area contributed by atoms with Gasteiger partial charge < -0.3 is 15.1 Å². The van der Waals surface area contributed by atoms with Crippen molar-refractivity contribution in [3.05, 3.63) is 0 Å². The van der Waals surface area contributed by atoms with E-state index in [1.54, 1.807) is 0 Å². The predicted octanol–water partition coefficient (Wildman–Crippen LogP) is 1.50. The quantitative estimate of drug-likeness (QED) is 0.714. The minimum absolute atomic E-state index is 0.344. The summed E-state index contributed by atoms with van der Waals surface area (Å²) in [6.07, 6.45) is 1.21. The summed E-state index contributed by atoms with van der Waals surface area (Å²) in [7, 11) is 8.52. The van der Waals surface area contributed by atoms with Crippen molar-refractivity contribution < 1.29 is 0 Å². The van der Waals surface area contributed by atoms with E-state index in [0.29, 0.717) is 11.5 Å².